The monoisotopic (exact) mass is 446 g/mol. The van der Waals surface area contributed by atoms with E-state index in [1.54, 1.807) is 13.2 Å². The smallest absolute Gasteiger partial charge is 0.254 e. The van der Waals surface area contributed by atoms with E-state index in [9.17, 15) is 14.0 Å². The van der Waals surface area contributed by atoms with Gasteiger partial charge in [-0.25, -0.2) is 4.39 Å². The zero-order valence-corrected chi connectivity index (χ0v) is 18.6. The normalized spacial score (nSPS) is 13.1. The summed E-state index contributed by atoms with van der Waals surface area (Å²) in [4.78, 5) is 26.5. The van der Waals surface area contributed by atoms with Crippen LogP contribution in [-0.2, 0) is 22.4 Å². The molecular weight excluding hydrogens is 419 g/mol. The number of thiophene rings is 1. The Morgan fingerprint density at radius 3 is 2.77 bits per heavy atom. The number of methoxy groups -OCH3 is 2. The van der Waals surface area contributed by atoms with Gasteiger partial charge in [0.1, 0.15) is 5.00 Å². The molecule has 6 nitrogen and oxygen atoms in total. The third kappa shape index (κ3) is 5.92. The summed E-state index contributed by atoms with van der Waals surface area (Å²) >= 11 is 1.46. The number of benzene rings is 1. The molecule has 0 aliphatic heterocycles. The molecule has 2 N–H and O–H groups in total. The number of halogens is 1. The van der Waals surface area contributed by atoms with Crippen molar-refractivity contribution in [2.24, 2.45) is 0 Å². The molecule has 0 radical (unpaired) electrons. The number of fused-ring (bicyclic) bond motifs is 1. The highest BCUT2D eigenvalue weighted by Gasteiger charge is 2.25. The van der Waals surface area contributed by atoms with Crippen LogP contribution in [0, 0.1) is 5.82 Å². The number of carbonyl (C=O) groups excluding carboxylic acids is 2. The number of aryl methyl sites for hydroxylation is 1. The van der Waals surface area contributed by atoms with Crippen LogP contribution in [0.3, 0.4) is 0 Å². The number of anilines is 1. The van der Waals surface area contributed by atoms with Gasteiger partial charge in [0.2, 0.25) is 5.91 Å². The fourth-order valence-corrected chi connectivity index (χ4v) is 4.80. The second-order valence-corrected chi connectivity index (χ2v) is 8.34. The van der Waals surface area contributed by atoms with E-state index in [2.05, 4.69) is 10.6 Å². The van der Waals surface area contributed by atoms with Crippen LogP contribution < -0.4 is 15.4 Å². The number of hydrogen-bond donors (Lipinski definition) is 2. The molecule has 31 heavy (non-hydrogen) atoms. The van der Waals surface area contributed by atoms with Crippen molar-refractivity contribution in [3.8, 4) is 5.75 Å². The summed E-state index contributed by atoms with van der Waals surface area (Å²) in [6.07, 6.45) is 7.44. The summed E-state index contributed by atoms with van der Waals surface area (Å²) in [6.45, 7) is 1.08. The molecule has 0 spiro atoms. The number of nitrogens with one attached hydrogen (secondary N) is 2. The molecule has 8 heteroatoms. The molecule has 0 saturated carbocycles. The molecule has 1 heterocycles. The zero-order chi connectivity index (χ0) is 22.2. The molecule has 1 aromatic carbocycles. The Bertz CT molecular complexity index is 971. The minimum atomic E-state index is -0.497. The first-order chi connectivity index (χ1) is 15.0. The lowest BCUT2D eigenvalue weighted by Crippen LogP contribution is -2.27. The van der Waals surface area contributed by atoms with Gasteiger partial charge in [-0.3, -0.25) is 9.59 Å². The highest BCUT2D eigenvalue weighted by atomic mass is 32.1. The fraction of sp³-hybridized carbons (Fsp3) is 0.391. The van der Waals surface area contributed by atoms with Crippen molar-refractivity contribution >= 4 is 34.2 Å². The van der Waals surface area contributed by atoms with Crippen molar-refractivity contribution in [3.63, 3.8) is 0 Å². The van der Waals surface area contributed by atoms with E-state index in [4.69, 9.17) is 9.47 Å². The van der Waals surface area contributed by atoms with Gasteiger partial charge in [0, 0.05) is 31.2 Å². The molecule has 166 valence electrons. The van der Waals surface area contributed by atoms with Crippen LogP contribution in [0.1, 0.15) is 45.6 Å². The maximum Gasteiger partial charge on any atom is 0.254 e. The maximum atomic E-state index is 13.8. The molecule has 0 fully saturated rings. The highest BCUT2D eigenvalue weighted by molar-refractivity contribution is 7.17. The van der Waals surface area contributed by atoms with E-state index in [1.807, 2.05) is 0 Å². The van der Waals surface area contributed by atoms with E-state index in [1.165, 1.54) is 42.7 Å². The largest absolute Gasteiger partial charge is 0.494 e. The third-order valence-corrected chi connectivity index (χ3v) is 6.26. The maximum absolute atomic E-state index is 13.8. The van der Waals surface area contributed by atoms with Crippen molar-refractivity contribution in [2.45, 2.75) is 32.1 Å². The molecule has 0 bridgehead atoms. The Morgan fingerprint density at radius 2 is 2.03 bits per heavy atom. The van der Waals surface area contributed by atoms with E-state index >= 15 is 0 Å². The Balaban J connectivity index is 1.74. The molecule has 2 amide bonds. The van der Waals surface area contributed by atoms with Gasteiger partial charge in [-0.15, -0.1) is 11.3 Å². The summed E-state index contributed by atoms with van der Waals surface area (Å²) in [5.41, 5.74) is 2.14. The highest BCUT2D eigenvalue weighted by Crippen LogP contribution is 2.38. The number of rotatable bonds is 9. The van der Waals surface area contributed by atoms with E-state index < -0.39 is 5.82 Å². The number of hydrogen-bond acceptors (Lipinski definition) is 5. The van der Waals surface area contributed by atoms with Crippen molar-refractivity contribution in [2.75, 3.05) is 32.7 Å². The summed E-state index contributed by atoms with van der Waals surface area (Å²) in [5, 5.41) is 6.33. The standard InChI is InChI=1S/C23H27FN2O4S/c1-29-13-5-12-25-22(28)21-16-6-3-4-7-19(16)31-23(21)26-20(27)11-9-15-8-10-18(30-2)17(24)14-15/h8-11,14H,3-7,12-13H2,1-2H3,(H,25,28)(H,26,27)/b11-9+. The van der Waals surface area contributed by atoms with Gasteiger partial charge in [-0.1, -0.05) is 6.07 Å². The lowest BCUT2D eigenvalue weighted by molar-refractivity contribution is -0.111. The third-order valence-electron chi connectivity index (χ3n) is 5.05. The van der Waals surface area contributed by atoms with Gasteiger partial charge in [0.05, 0.1) is 12.7 Å². The Morgan fingerprint density at radius 1 is 1.23 bits per heavy atom. The van der Waals surface area contributed by atoms with Gasteiger partial charge < -0.3 is 20.1 Å². The SMILES string of the molecule is COCCCNC(=O)c1c(NC(=O)/C=C/c2ccc(OC)c(F)c2)sc2c1CCCC2. The van der Waals surface area contributed by atoms with E-state index in [-0.39, 0.29) is 17.6 Å². The fourth-order valence-electron chi connectivity index (χ4n) is 3.51. The van der Waals surface area contributed by atoms with Gasteiger partial charge in [0.25, 0.3) is 5.91 Å². The van der Waals surface area contributed by atoms with Gasteiger partial charge in [-0.2, -0.15) is 0 Å². The molecule has 0 unspecified atom stereocenters. The Hall–Kier alpha value is -2.71. The van der Waals surface area contributed by atoms with E-state index in [0.29, 0.717) is 29.3 Å². The molecule has 1 aromatic heterocycles. The summed E-state index contributed by atoms with van der Waals surface area (Å²) in [6, 6.07) is 4.46. The van der Waals surface area contributed by atoms with Crippen molar-refractivity contribution < 1.29 is 23.5 Å². The minimum absolute atomic E-state index is 0.145. The predicted octanol–water partition coefficient (Wildman–Crippen LogP) is 4.19. The molecule has 2 aromatic rings. The first-order valence-electron chi connectivity index (χ1n) is 10.3. The minimum Gasteiger partial charge on any atom is -0.494 e. The van der Waals surface area contributed by atoms with Crippen LogP contribution in [0.2, 0.25) is 0 Å². The van der Waals surface area contributed by atoms with Crippen molar-refractivity contribution in [1.29, 1.82) is 0 Å². The lowest BCUT2D eigenvalue weighted by atomic mass is 9.95. The van der Waals surface area contributed by atoms with E-state index in [0.717, 1.165) is 42.5 Å². The predicted molar refractivity (Wildman–Crippen MR) is 120 cm³/mol. The number of carbonyl (C=O) groups is 2. The molecule has 1 aliphatic carbocycles. The summed E-state index contributed by atoms with van der Waals surface area (Å²) in [5.74, 6) is -0.898. The average molecular weight is 447 g/mol. The Labute approximate surface area is 185 Å². The second-order valence-electron chi connectivity index (χ2n) is 7.23. The number of ether oxygens (including phenoxy) is 2. The number of amides is 2. The first kappa shape index (κ1) is 23.0. The van der Waals surface area contributed by atoms with Crippen LogP contribution in [0.15, 0.2) is 24.3 Å². The Kier molecular flexibility index (Phi) is 8.20. The van der Waals surface area contributed by atoms with Crippen LogP contribution in [0.25, 0.3) is 6.08 Å². The topological polar surface area (TPSA) is 76.7 Å². The lowest BCUT2D eigenvalue weighted by Gasteiger charge is -2.13. The zero-order valence-electron chi connectivity index (χ0n) is 17.8. The second kappa shape index (κ2) is 11.1. The first-order valence-corrected chi connectivity index (χ1v) is 11.1. The molecule has 3 rings (SSSR count). The van der Waals surface area contributed by atoms with Crippen LogP contribution in [0.4, 0.5) is 9.39 Å². The average Bonchev–Trinajstić information content (AvgIpc) is 3.13. The quantitative estimate of drug-likeness (QED) is 0.447. The van der Waals surface area contributed by atoms with Crippen molar-refractivity contribution in [3.05, 3.63) is 51.7 Å². The van der Waals surface area contributed by atoms with Crippen LogP contribution in [0.5, 0.6) is 5.75 Å². The van der Waals surface area contributed by atoms with Gasteiger partial charge >= 0.3 is 0 Å². The summed E-state index contributed by atoms with van der Waals surface area (Å²) < 4.78 is 23.8. The van der Waals surface area contributed by atoms with Crippen LogP contribution in [-0.4, -0.2) is 39.2 Å². The van der Waals surface area contributed by atoms with Gasteiger partial charge in [-0.05, 0) is 61.4 Å². The van der Waals surface area contributed by atoms with Crippen LogP contribution >= 0.6 is 11.3 Å². The molecule has 1 aliphatic rings. The molecular formula is C23H27FN2O4S. The van der Waals surface area contributed by atoms with Crippen molar-refractivity contribution in [1.82, 2.24) is 5.32 Å². The van der Waals surface area contributed by atoms with Gasteiger partial charge in [0.15, 0.2) is 11.6 Å². The molecule has 0 saturated heterocycles. The molecule has 0 atom stereocenters. The summed E-state index contributed by atoms with van der Waals surface area (Å²) in [7, 11) is 3.02.